The predicted molar refractivity (Wildman–Crippen MR) is 75.8 cm³/mol. The molecule has 0 saturated carbocycles. The van der Waals surface area contributed by atoms with Gasteiger partial charge in [-0.3, -0.25) is 4.79 Å². The van der Waals surface area contributed by atoms with Gasteiger partial charge in [-0.25, -0.2) is 5.01 Å². The lowest BCUT2D eigenvalue weighted by molar-refractivity contribution is -0.187. The molecule has 1 amide bonds. The maximum absolute atomic E-state index is 13.4. The van der Waals surface area contributed by atoms with Gasteiger partial charge in [0, 0.05) is 0 Å². The van der Waals surface area contributed by atoms with Crippen molar-refractivity contribution in [1.29, 1.82) is 0 Å². The fourth-order valence-corrected chi connectivity index (χ4v) is 3.60. The van der Waals surface area contributed by atoms with Crippen molar-refractivity contribution < 1.29 is 31.1 Å². The molecule has 2 aromatic rings. The zero-order chi connectivity index (χ0) is 18.1. The van der Waals surface area contributed by atoms with Crippen molar-refractivity contribution in [2.24, 2.45) is 5.10 Å². The summed E-state index contributed by atoms with van der Waals surface area (Å²) < 4.78 is 78.7. The van der Waals surface area contributed by atoms with Gasteiger partial charge in [-0.2, -0.15) is 31.4 Å². The van der Waals surface area contributed by atoms with Crippen LogP contribution in [0.1, 0.15) is 23.1 Å². The second kappa shape index (κ2) is 4.74. The topological polar surface area (TPSA) is 32.7 Å². The van der Waals surface area contributed by atoms with Crippen LogP contribution >= 0.6 is 0 Å². The first-order valence-corrected chi connectivity index (χ1v) is 7.18. The molecule has 0 N–H and O–H groups in total. The molecular weight excluding hydrogens is 350 g/mol. The Balaban J connectivity index is 1.97. The number of carbonyl (C=O) groups excluding carboxylic acids is 1. The summed E-state index contributed by atoms with van der Waals surface area (Å²) in [5, 5.41) is 4.03. The molecule has 0 bridgehead atoms. The van der Waals surface area contributed by atoms with Crippen LogP contribution in [0.2, 0.25) is 0 Å². The van der Waals surface area contributed by atoms with Crippen molar-refractivity contribution in [3.63, 3.8) is 0 Å². The third-order valence-corrected chi connectivity index (χ3v) is 4.45. The number of hydrazone groups is 1. The van der Waals surface area contributed by atoms with E-state index in [1.54, 1.807) is 12.1 Å². The molecule has 2 atom stereocenters. The van der Waals surface area contributed by atoms with Crippen molar-refractivity contribution in [1.82, 2.24) is 5.01 Å². The van der Waals surface area contributed by atoms with E-state index in [1.807, 2.05) is 0 Å². The molecule has 2 aliphatic rings. The van der Waals surface area contributed by atoms with Gasteiger partial charge in [-0.1, -0.05) is 36.4 Å². The number of halogens is 6. The number of nitrogens with zero attached hydrogens (tertiary/aromatic N) is 2. The quantitative estimate of drug-likeness (QED) is 0.647. The summed E-state index contributed by atoms with van der Waals surface area (Å²) in [5.41, 5.74) is -0.927. The third kappa shape index (κ3) is 2.14. The molecule has 1 aliphatic carbocycles. The van der Waals surface area contributed by atoms with Gasteiger partial charge in [-0.05, 0) is 21.9 Å². The number of carbonyl (C=O) groups is 1. The number of alkyl halides is 6. The molecule has 25 heavy (non-hydrogen) atoms. The van der Waals surface area contributed by atoms with E-state index in [4.69, 9.17) is 0 Å². The van der Waals surface area contributed by atoms with Crippen LogP contribution in [0.15, 0.2) is 41.5 Å². The number of fused-ring (bicyclic) bond motifs is 3. The summed E-state index contributed by atoms with van der Waals surface area (Å²) in [6.07, 6.45) is -10.3. The summed E-state index contributed by atoms with van der Waals surface area (Å²) in [6, 6.07) is 7.79. The van der Waals surface area contributed by atoms with E-state index in [9.17, 15) is 31.1 Å². The number of rotatable bonds is 0. The molecule has 1 heterocycles. The standard InChI is InChI=1S/C16H8F6N2O/c17-15(18,19)13-11-8-5-1-3-7-4-2-6-9(10(7)8)12(11)24(23-13)14(25)16(20,21)22/h1-6,11-12H. The summed E-state index contributed by atoms with van der Waals surface area (Å²) in [7, 11) is 0. The van der Waals surface area contributed by atoms with Crippen LogP contribution in [0.5, 0.6) is 0 Å². The second-order valence-electron chi connectivity index (χ2n) is 5.85. The highest BCUT2D eigenvalue weighted by molar-refractivity contribution is 6.07. The van der Waals surface area contributed by atoms with Crippen molar-refractivity contribution in [2.45, 2.75) is 24.3 Å². The Hall–Kier alpha value is -2.58. The fourth-order valence-electron chi connectivity index (χ4n) is 3.60. The molecule has 130 valence electrons. The summed E-state index contributed by atoms with van der Waals surface area (Å²) in [6.45, 7) is 0. The van der Waals surface area contributed by atoms with E-state index in [0.717, 1.165) is 0 Å². The molecule has 0 fully saturated rings. The van der Waals surface area contributed by atoms with E-state index < -0.39 is 35.9 Å². The Morgan fingerprint density at radius 3 is 2.12 bits per heavy atom. The Bertz CT molecular complexity index is 925. The highest BCUT2D eigenvalue weighted by Gasteiger charge is 2.58. The smallest absolute Gasteiger partial charge is 0.262 e. The highest BCUT2D eigenvalue weighted by atomic mass is 19.4. The van der Waals surface area contributed by atoms with E-state index in [2.05, 4.69) is 5.10 Å². The number of hydrogen-bond donors (Lipinski definition) is 0. The van der Waals surface area contributed by atoms with Crippen molar-refractivity contribution >= 4 is 22.4 Å². The van der Waals surface area contributed by atoms with Gasteiger partial charge >= 0.3 is 18.3 Å². The predicted octanol–water partition coefficient (Wildman–Crippen LogP) is 4.30. The molecule has 1 aliphatic heterocycles. The van der Waals surface area contributed by atoms with Gasteiger partial charge in [0.2, 0.25) is 0 Å². The lowest BCUT2D eigenvalue weighted by atomic mass is 9.92. The maximum Gasteiger partial charge on any atom is 0.473 e. The first-order chi connectivity index (χ1) is 11.6. The Morgan fingerprint density at radius 1 is 0.960 bits per heavy atom. The van der Waals surface area contributed by atoms with Gasteiger partial charge in [0.1, 0.15) is 0 Å². The zero-order valence-electron chi connectivity index (χ0n) is 12.2. The fraction of sp³-hybridized carbons (Fsp3) is 0.250. The van der Waals surface area contributed by atoms with Gasteiger partial charge in [0.05, 0.1) is 12.0 Å². The average molecular weight is 358 g/mol. The highest BCUT2D eigenvalue weighted by Crippen LogP contribution is 2.55. The molecule has 0 spiro atoms. The number of amides is 1. The Labute approximate surface area is 136 Å². The first-order valence-electron chi connectivity index (χ1n) is 7.18. The maximum atomic E-state index is 13.4. The number of hydrogen-bond acceptors (Lipinski definition) is 2. The van der Waals surface area contributed by atoms with Crippen LogP contribution in [0.25, 0.3) is 10.8 Å². The minimum atomic E-state index is -5.32. The molecule has 9 heteroatoms. The minimum absolute atomic E-state index is 0.0672. The van der Waals surface area contributed by atoms with Crippen molar-refractivity contribution in [3.8, 4) is 0 Å². The van der Waals surface area contributed by atoms with Crippen molar-refractivity contribution in [3.05, 3.63) is 47.5 Å². The monoisotopic (exact) mass is 358 g/mol. The summed E-state index contributed by atoms with van der Waals surface area (Å²) in [4.78, 5) is 11.7. The van der Waals surface area contributed by atoms with Crippen LogP contribution in [-0.4, -0.2) is 29.0 Å². The average Bonchev–Trinajstić information content (AvgIpc) is 3.05. The van der Waals surface area contributed by atoms with E-state index in [-0.39, 0.29) is 16.1 Å². The van der Waals surface area contributed by atoms with E-state index >= 15 is 0 Å². The van der Waals surface area contributed by atoms with Crippen LogP contribution in [-0.2, 0) is 4.79 Å². The second-order valence-corrected chi connectivity index (χ2v) is 5.85. The first kappa shape index (κ1) is 15.9. The van der Waals surface area contributed by atoms with Crippen LogP contribution < -0.4 is 0 Å². The molecule has 3 nitrogen and oxygen atoms in total. The normalized spacial score (nSPS) is 22.3. The van der Waals surface area contributed by atoms with Gasteiger partial charge < -0.3 is 0 Å². The largest absolute Gasteiger partial charge is 0.473 e. The summed E-state index contributed by atoms with van der Waals surface area (Å²) >= 11 is 0. The van der Waals surface area contributed by atoms with E-state index in [0.29, 0.717) is 10.8 Å². The van der Waals surface area contributed by atoms with Gasteiger partial charge in [-0.15, -0.1) is 0 Å². The molecule has 0 aromatic heterocycles. The Kier molecular flexibility index (Phi) is 3.02. The molecular formula is C16H8F6N2O. The third-order valence-electron chi connectivity index (χ3n) is 4.45. The molecule has 4 rings (SSSR count). The zero-order valence-corrected chi connectivity index (χ0v) is 12.2. The lowest BCUT2D eigenvalue weighted by Gasteiger charge is -2.23. The minimum Gasteiger partial charge on any atom is -0.262 e. The van der Waals surface area contributed by atoms with Crippen LogP contribution in [0, 0.1) is 0 Å². The lowest BCUT2D eigenvalue weighted by Crippen LogP contribution is -2.38. The molecule has 2 unspecified atom stereocenters. The molecule has 2 aromatic carbocycles. The van der Waals surface area contributed by atoms with Gasteiger partial charge in [0.25, 0.3) is 0 Å². The molecule has 0 saturated heterocycles. The van der Waals surface area contributed by atoms with Crippen LogP contribution in [0.3, 0.4) is 0 Å². The van der Waals surface area contributed by atoms with E-state index in [1.165, 1.54) is 24.3 Å². The number of benzene rings is 2. The van der Waals surface area contributed by atoms with Crippen LogP contribution in [0.4, 0.5) is 26.3 Å². The Morgan fingerprint density at radius 2 is 1.56 bits per heavy atom. The summed E-state index contributed by atoms with van der Waals surface area (Å²) in [5.74, 6) is -3.88. The van der Waals surface area contributed by atoms with Gasteiger partial charge in [0.15, 0.2) is 5.71 Å². The SMILES string of the molecule is O=C(N1N=C(C(F)(F)F)C2c3cccc4cccc(c34)C21)C(F)(F)F. The molecule has 0 radical (unpaired) electrons. The van der Waals surface area contributed by atoms with Crippen molar-refractivity contribution in [2.75, 3.05) is 0 Å².